The van der Waals surface area contributed by atoms with Crippen LogP contribution in [0.3, 0.4) is 0 Å². The van der Waals surface area contributed by atoms with E-state index in [2.05, 4.69) is 24.3 Å². The molecule has 1 saturated carbocycles. The molecule has 4 bridgehead atoms. The Morgan fingerprint density at radius 2 is 0.900 bits per heavy atom. The van der Waals surface area contributed by atoms with Crippen LogP contribution < -0.4 is 0 Å². The Hall–Kier alpha value is -0.520. The zero-order valence-corrected chi connectivity index (χ0v) is 6.03. The van der Waals surface area contributed by atoms with Gasteiger partial charge >= 0.3 is 0 Å². The monoisotopic (exact) mass is 132 g/mol. The minimum Gasteiger partial charge on any atom is -0.0845 e. The van der Waals surface area contributed by atoms with Crippen LogP contribution in [0.5, 0.6) is 0 Å². The highest BCUT2D eigenvalue weighted by atomic mass is 14.4. The van der Waals surface area contributed by atoms with Gasteiger partial charge in [-0.15, -0.1) is 0 Å². The van der Waals surface area contributed by atoms with Gasteiger partial charge in [0.15, 0.2) is 0 Å². The maximum Gasteiger partial charge on any atom is -0.0164 e. The molecule has 0 aromatic heterocycles. The standard InChI is InChI=1S/C10H12/c1-2-8-5-7(1)9-3-4-10(8)6-9/h1-4,7-10H,5-6H2/t7-,8-,9+,10+. The average molecular weight is 132 g/mol. The van der Waals surface area contributed by atoms with Crippen LogP contribution in [0.1, 0.15) is 12.8 Å². The van der Waals surface area contributed by atoms with Crippen molar-refractivity contribution in [1.82, 2.24) is 0 Å². The van der Waals surface area contributed by atoms with Crippen molar-refractivity contribution in [2.75, 3.05) is 0 Å². The van der Waals surface area contributed by atoms with E-state index in [9.17, 15) is 0 Å². The molecular formula is C10H12. The molecule has 10 heavy (non-hydrogen) atoms. The van der Waals surface area contributed by atoms with Crippen molar-refractivity contribution in [3.63, 3.8) is 0 Å². The van der Waals surface area contributed by atoms with Gasteiger partial charge in [0.05, 0.1) is 0 Å². The summed E-state index contributed by atoms with van der Waals surface area (Å²) in [6.07, 6.45) is 12.7. The minimum absolute atomic E-state index is 0.917. The average Bonchev–Trinajstić information content (AvgIpc) is 2.41. The maximum absolute atomic E-state index is 2.44. The summed E-state index contributed by atoms with van der Waals surface area (Å²) in [6.45, 7) is 0. The Morgan fingerprint density at radius 3 is 1.20 bits per heavy atom. The van der Waals surface area contributed by atoms with E-state index in [1.807, 2.05) is 0 Å². The third kappa shape index (κ3) is 0.484. The van der Waals surface area contributed by atoms with Crippen molar-refractivity contribution in [3.05, 3.63) is 24.3 Å². The van der Waals surface area contributed by atoms with E-state index >= 15 is 0 Å². The molecule has 52 valence electrons. The first-order chi connectivity index (χ1) is 4.93. The van der Waals surface area contributed by atoms with Gasteiger partial charge < -0.3 is 0 Å². The largest absolute Gasteiger partial charge is 0.0845 e. The Labute approximate surface area is 61.6 Å². The minimum atomic E-state index is 0.917. The van der Waals surface area contributed by atoms with Gasteiger partial charge in [-0.2, -0.15) is 0 Å². The van der Waals surface area contributed by atoms with Gasteiger partial charge in [0.1, 0.15) is 0 Å². The highest BCUT2D eigenvalue weighted by Crippen LogP contribution is 2.48. The molecule has 0 aliphatic heterocycles. The van der Waals surface area contributed by atoms with Crippen LogP contribution in [0.2, 0.25) is 0 Å². The Morgan fingerprint density at radius 1 is 0.600 bits per heavy atom. The van der Waals surface area contributed by atoms with Crippen molar-refractivity contribution < 1.29 is 0 Å². The van der Waals surface area contributed by atoms with Crippen LogP contribution in [0.4, 0.5) is 0 Å². The maximum atomic E-state index is 2.44. The number of rotatable bonds is 0. The third-order valence-electron chi connectivity index (χ3n) is 3.40. The zero-order valence-electron chi connectivity index (χ0n) is 6.03. The molecular weight excluding hydrogens is 120 g/mol. The van der Waals surface area contributed by atoms with Crippen molar-refractivity contribution in [3.8, 4) is 0 Å². The molecule has 0 N–H and O–H groups in total. The summed E-state index contributed by atoms with van der Waals surface area (Å²) in [6, 6.07) is 0. The van der Waals surface area contributed by atoms with Gasteiger partial charge in [-0.1, -0.05) is 24.3 Å². The highest BCUT2D eigenvalue weighted by molar-refractivity contribution is 5.20. The predicted molar refractivity (Wildman–Crippen MR) is 41.5 cm³/mol. The number of fused-ring (bicyclic) bond motifs is 6. The summed E-state index contributed by atoms with van der Waals surface area (Å²) in [5.41, 5.74) is 0. The van der Waals surface area contributed by atoms with Gasteiger partial charge in [0.25, 0.3) is 0 Å². The van der Waals surface area contributed by atoms with Crippen LogP contribution in [0.15, 0.2) is 24.3 Å². The molecule has 1 fully saturated rings. The SMILES string of the molecule is C1=C[C@@H]2C[C@@H]1[C@H]1C=C[C@H]2C1. The molecule has 0 heteroatoms. The second-order valence-electron chi connectivity index (χ2n) is 3.90. The van der Waals surface area contributed by atoms with Gasteiger partial charge in [0, 0.05) is 0 Å². The quantitative estimate of drug-likeness (QED) is 0.444. The van der Waals surface area contributed by atoms with Gasteiger partial charge in [0.2, 0.25) is 0 Å². The molecule has 0 heterocycles. The summed E-state index contributed by atoms with van der Waals surface area (Å²) >= 11 is 0. The normalized spacial score (nSPS) is 54.4. The van der Waals surface area contributed by atoms with Crippen LogP contribution in [0.25, 0.3) is 0 Å². The molecule has 0 saturated heterocycles. The molecule has 0 radical (unpaired) electrons. The topological polar surface area (TPSA) is 0 Å². The van der Waals surface area contributed by atoms with Crippen LogP contribution in [-0.4, -0.2) is 0 Å². The molecule has 0 aromatic carbocycles. The first-order valence-corrected chi connectivity index (χ1v) is 4.30. The van der Waals surface area contributed by atoms with E-state index in [1.54, 1.807) is 0 Å². The molecule has 3 rings (SSSR count). The Bertz CT molecular complexity index is 168. The zero-order chi connectivity index (χ0) is 6.55. The molecule has 4 atom stereocenters. The second kappa shape index (κ2) is 1.55. The lowest BCUT2D eigenvalue weighted by Gasteiger charge is -2.26. The summed E-state index contributed by atoms with van der Waals surface area (Å²) in [7, 11) is 0. The molecule has 3 aliphatic carbocycles. The van der Waals surface area contributed by atoms with Crippen molar-refractivity contribution in [2.45, 2.75) is 12.8 Å². The second-order valence-corrected chi connectivity index (χ2v) is 3.90. The van der Waals surface area contributed by atoms with E-state index in [4.69, 9.17) is 0 Å². The van der Waals surface area contributed by atoms with Gasteiger partial charge in [-0.3, -0.25) is 0 Å². The molecule has 0 amide bonds. The Kier molecular flexibility index (Phi) is 0.803. The van der Waals surface area contributed by atoms with Crippen molar-refractivity contribution >= 4 is 0 Å². The lowest BCUT2D eigenvalue weighted by molar-refractivity contribution is 0.281. The third-order valence-corrected chi connectivity index (χ3v) is 3.40. The summed E-state index contributed by atoms with van der Waals surface area (Å²) in [5.74, 6) is 3.67. The lowest BCUT2D eigenvalue weighted by atomic mass is 9.78. The van der Waals surface area contributed by atoms with E-state index in [0.29, 0.717) is 0 Å². The first kappa shape index (κ1) is 5.17. The smallest absolute Gasteiger partial charge is 0.0164 e. The molecule has 0 spiro atoms. The molecule has 0 nitrogen and oxygen atoms in total. The van der Waals surface area contributed by atoms with E-state index < -0.39 is 0 Å². The number of hydrogen-bond donors (Lipinski definition) is 0. The fourth-order valence-electron chi connectivity index (χ4n) is 2.78. The van der Waals surface area contributed by atoms with Gasteiger partial charge in [-0.25, -0.2) is 0 Å². The number of allylic oxidation sites excluding steroid dienone is 4. The van der Waals surface area contributed by atoms with Crippen LogP contribution >= 0.6 is 0 Å². The summed E-state index contributed by atoms with van der Waals surface area (Å²) < 4.78 is 0. The van der Waals surface area contributed by atoms with Gasteiger partial charge in [-0.05, 0) is 36.5 Å². The van der Waals surface area contributed by atoms with Crippen molar-refractivity contribution in [1.29, 1.82) is 0 Å². The lowest BCUT2D eigenvalue weighted by Crippen LogP contribution is -2.19. The molecule has 0 aromatic rings. The van der Waals surface area contributed by atoms with E-state index in [-0.39, 0.29) is 0 Å². The summed E-state index contributed by atoms with van der Waals surface area (Å²) in [5, 5.41) is 0. The van der Waals surface area contributed by atoms with E-state index in [0.717, 1.165) is 23.7 Å². The fraction of sp³-hybridized carbons (Fsp3) is 0.600. The molecule has 0 unspecified atom stereocenters. The predicted octanol–water partition coefficient (Wildman–Crippen LogP) is 2.38. The molecule has 3 aliphatic rings. The van der Waals surface area contributed by atoms with E-state index in [1.165, 1.54) is 12.8 Å². The summed E-state index contributed by atoms with van der Waals surface area (Å²) in [4.78, 5) is 0. The Balaban J connectivity index is 2.07. The van der Waals surface area contributed by atoms with Crippen molar-refractivity contribution in [2.24, 2.45) is 23.7 Å². The van der Waals surface area contributed by atoms with Crippen LogP contribution in [-0.2, 0) is 0 Å². The highest BCUT2D eigenvalue weighted by Gasteiger charge is 2.39. The number of hydrogen-bond acceptors (Lipinski definition) is 0. The first-order valence-electron chi connectivity index (χ1n) is 4.30. The van der Waals surface area contributed by atoms with Crippen LogP contribution in [0, 0.1) is 23.7 Å². The fourth-order valence-corrected chi connectivity index (χ4v) is 2.78.